The largest absolute Gasteiger partial charge is 0.432 e. The molecule has 0 fully saturated rings. The maximum Gasteiger partial charge on any atom is 0.432 e. The first-order valence-electron chi connectivity index (χ1n) is 3.57. The van der Waals surface area contributed by atoms with Crippen LogP contribution in [0.4, 0.5) is 22.0 Å². The Morgan fingerprint density at radius 3 is 1.53 bits per heavy atom. The fraction of sp³-hybridized carbons (Fsp3) is 0.143. The number of hydrogen-bond donors (Lipinski definition) is 2. The van der Waals surface area contributed by atoms with E-state index in [1.54, 1.807) is 0 Å². The summed E-state index contributed by atoms with van der Waals surface area (Å²) in [6, 6.07) is 2.00. The zero-order valence-corrected chi connectivity index (χ0v) is 7.22. The van der Waals surface area contributed by atoms with Crippen LogP contribution in [0.2, 0.25) is 0 Å². The third-order valence-corrected chi connectivity index (χ3v) is 1.25. The first-order valence-corrected chi connectivity index (χ1v) is 3.57. The highest BCUT2D eigenvalue weighted by molar-refractivity contribution is 6.13. The van der Waals surface area contributed by atoms with E-state index in [0.717, 1.165) is 6.07 Å². The van der Waals surface area contributed by atoms with Gasteiger partial charge >= 0.3 is 13.9 Å². The first kappa shape index (κ1) is 13.9. The minimum absolute atomic E-state index is 0.561. The van der Waals surface area contributed by atoms with Gasteiger partial charge in [-0.2, -0.15) is 13.2 Å². The highest BCUT2D eigenvalue weighted by atomic mass is 19.4. The van der Waals surface area contributed by atoms with Crippen LogP contribution in [0.5, 0.6) is 0 Å². The normalized spacial score (nSPS) is 10.3. The molecule has 0 aliphatic heterocycles. The Labute approximate surface area is 82.3 Å². The van der Waals surface area contributed by atoms with E-state index in [1.165, 1.54) is 0 Å². The van der Waals surface area contributed by atoms with Crippen LogP contribution in [0, 0.1) is 11.6 Å². The average molecular weight is 228 g/mol. The topological polar surface area (TPSA) is 40.5 Å². The molecule has 84 valence electrons. The molecule has 2 nitrogen and oxygen atoms in total. The molecule has 0 bridgehead atoms. The fourth-order valence-electron chi connectivity index (χ4n) is 0.769. The second kappa shape index (κ2) is 5.67. The molecule has 1 rings (SSSR count). The van der Waals surface area contributed by atoms with E-state index in [1.807, 2.05) is 0 Å². The van der Waals surface area contributed by atoms with Gasteiger partial charge in [0.25, 0.3) is 0 Å². The van der Waals surface area contributed by atoms with Gasteiger partial charge in [-0.05, 0) is 12.1 Å². The molecule has 0 radical (unpaired) electrons. The number of benzene rings is 1. The Bertz CT molecular complexity index is 294. The maximum absolute atomic E-state index is 12.4. The number of halogens is 5. The molecule has 0 saturated heterocycles. The van der Waals surface area contributed by atoms with Gasteiger partial charge in [-0.1, -0.05) is 6.07 Å². The summed E-state index contributed by atoms with van der Waals surface area (Å²) in [4.78, 5) is 0. The standard InChI is InChI=1S/C7H3F5.BH3O2/c8-4-2-1-3-5(9)6(4)7(10,11)12;2-1-3/h1-3H;1-3H. The molecule has 0 amide bonds. The van der Waals surface area contributed by atoms with Crippen molar-refractivity contribution in [3.63, 3.8) is 0 Å². The molecule has 0 aliphatic rings. The van der Waals surface area contributed by atoms with E-state index in [0.29, 0.717) is 12.1 Å². The van der Waals surface area contributed by atoms with Crippen LogP contribution in [0.25, 0.3) is 0 Å². The number of alkyl halides is 3. The van der Waals surface area contributed by atoms with Crippen molar-refractivity contribution in [2.75, 3.05) is 0 Å². The Hall–Kier alpha value is -1.15. The number of hydrogen-bond acceptors (Lipinski definition) is 2. The van der Waals surface area contributed by atoms with Crippen LogP contribution in [-0.2, 0) is 6.18 Å². The average Bonchev–Trinajstić information content (AvgIpc) is 2.02. The predicted octanol–water partition coefficient (Wildman–Crippen LogP) is 1.22. The quantitative estimate of drug-likeness (QED) is 0.517. The summed E-state index contributed by atoms with van der Waals surface area (Å²) in [5.74, 6) is -3.19. The fourth-order valence-corrected chi connectivity index (χ4v) is 0.769. The van der Waals surface area contributed by atoms with Crippen molar-refractivity contribution in [1.82, 2.24) is 0 Å². The molecule has 0 aliphatic carbocycles. The van der Waals surface area contributed by atoms with Gasteiger partial charge in [0.15, 0.2) is 0 Å². The van der Waals surface area contributed by atoms with Crippen molar-refractivity contribution < 1.29 is 32.0 Å². The minimum Gasteiger partial charge on any atom is -0.430 e. The summed E-state index contributed by atoms with van der Waals surface area (Å²) in [6.45, 7) is 0. The van der Waals surface area contributed by atoms with E-state index in [9.17, 15) is 22.0 Å². The van der Waals surface area contributed by atoms with E-state index < -0.39 is 31.1 Å². The van der Waals surface area contributed by atoms with Crippen molar-refractivity contribution in [2.45, 2.75) is 6.18 Å². The molecule has 8 heteroatoms. The molecule has 0 saturated carbocycles. The van der Waals surface area contributed by atoms with Gasteiger partial charge in [0.1, 0.15) is 17.2 Å². The molecule has 2 N–H and O–H groups in total. The van der Waals surface area contributed by atoms with Crippen molar-refractivity contribution >= 4 is 7.69 Å². The summed E-state index contributed by atoms with van der Waals surface area (Å²) in [7, 11) is -0.750. The third kappa shape index (κ3) is 4.26. The van der Waals surface area contributed by atoms with E-state index in [-0.39, 0.29) is 0 Å². The molecule has 1 aromatic rings. The number of rotatable bonds is 0. The van der Waals surface area contributed by atoms with Crippen molar-refractivity contribution in [1.29, 1.82) is 0 Å². The van der Waals surface area contributed by atoms with Gasteiger partial charge < -0.3 is 10.0 Å². The van der Waals surface area contributed by atoms with Gasteiger partial charge in [-0.25, -0.2) is 8.78 Å². The second-order valence-electron chi connectivity index (χ2n) is 2.24. The van der Waals surface area contributed by atoms with Crippen LogP contribution in [0.1, 0.15) is 5.56 Å². The molecule has 0 aromatic heterocycles. The van der Waals surface area contributed by atoms with Crippen LogP contribution in [0.3, 0.4) is 0 Å². The Morgan fingerprint density at radius 1 is 1.00 bits per heavy atom. The van der Waals surface area contributed by atoms with Gasteiger partial charge in [0.05, 0.1) is 0 Å². The van der Waals surface area contributed by atoms with Gasteiger partial charge in [-0.15, -0.1) is 0 Å². The van der Waals surface area contributed by atoms with Gasteiger partial charge in [0, 0.05) is 0 Å². The maximum atomic E-state index is 12.4. The van der Waals surface area contributed by atoms with Crippen LogP contribution in [-0.4, -0.2) is 17.7 Å². The summed E-state index contributed by atoms with van der Waals surface area (Å²) < 4.78 is 60.3. The monoisotopic (exact) mass is 228 g/mol. The molecular formula is C7H6BF5O2. The molecule has 15 heavy (non-hydrogen) atoms. The van der Waals surface area contributed by atoms with Crippen LogP contribution in [0.15, 0.2) is 18.2 Å². The SMILES string of the molecule is Fc1cccc(F)c1C(F)(F)F.OBO. The molecule has 0 spiro atoms. The smallest absolute Gasteiger partial charge is 0.430 e. The summed E-state index contributed by atoms with van der Waals surface area (Å²) in [6.07, 6.45) is -4.98. The molecular weight excluding hydrogens is 222 g/mol. The molecule has 0 atom stereocenters. The Balaban J connectivity index is 0.000000583. The van der Waals surface area contributed by atoms with Crippen molar-refractivity contribution in [3.05, 3.63) is 35.4 Å². The zero-order chi connectivity index (χ0) is 12.1. The van der Waals surface area contributed by atoms with Crippen molar-refractivity contribution in [2.24, 2.45) is 0 Å². The van der Waals surface area contributed by atoms with E-state index in [4.69, 9.17) is 10.0 Å². The molecule has 0 unspecified atom stereocenters. The van der Waals surface area contributed by atoms with Crippen molar-refractivity contribution in [3.8, 4) is 0 Å². The first-order chi connectivity index (χ1) is 6.84. The zero-order valence-electron chi connectivity index (χ0n) is 7.22. The lowest BCUT2D eigenvalue weighted by Gasteiger charge is -2.07. The highest BCUT2D eigenvalue weighted by Gasteiger charge is 2.37. The summed E-state index contributed by atoms with van der Waals surface area (Å²) in [5.41, 5.74) is -1.84. The Morgan fingerprint density at radius 2 is 1.33 bits per heavy atom. The second-order valence-corrected chi connectivity index (χ2v) is 2.24. The highest BCUT2D eigenvalue weighted by Crippen LogP contribution is 2.32. The summed E-state index contributed by atoms with van der Waals surface area (Å²) >= 11 is 0. The molecule has 1 aromatic carbocycles. The third-order valence-electron chi connectivity index (χ3n) is 1.25. The minimum atomic E-state index is -4.98. The molecule has 0 heterocycles. The van der Waals surface area contributed by atoms with Crippen LogP contribution >= 0.6 is 0 Å². The predicted molar refractivity (Wildman–Crippen MR) is 42.9 cm³/mol. The lowest BCUT2D eigenvalue weighted by Crippen LogP contribution is -2.10. The van der Waals surface area contributed by atoms with Crippen LogP contribution < -0.4 is 0 Å². The van der Waals surface area contributed by atoms with E-state index in [2.05, 4.69) is 0 Å². The van der Waals surface area contributed by atoms with Gasteiger partial charge in [0.2, 0.25) is 0 Å². The van der Waals surface area contributed by atoms with E-state index >= 15 is 0 Å². The van der Waals surface area contributed by atoms with Gasteiger partial charge in [-0.3, -0.25) is 0 Å². The summed E-state index contributed by atoms with van der Waals surface area (Å²) in [5, 5.41) is 14.2. The lowest BCUT2D eigenvalue weighted by molar-refractivity contribution is -0.142. The lowest BCUT2D eigenvalue weighted by atomic mass is 10.2. The Kier molecular flexibility index (Phi) is 5.23.